The lowest BCUT2D eigenvalue weighted by Crippen LogP contribution is -2.36. The van der Waals surface area contributed by atoms with E-state index in [0.29, 0.717) is 6.61 Å². The third kappa shape index (κ3) is 5.37. The van der Waals surface area contributed by atoms with Crippen LogP contribution in [0.5, 0.6) is 5.75 Å². The molecule has 0 N–H and O–H groups in total. The van der Waals surface area contributed by atoms with E-state index in [1.807, 2.05) is 66.9 Å². The van der Waals surface area contributed by atoms with Crippen molar-refractivity contribution in [2.45, 2.75) is 6.61 Å². The van der Waals surface area contributed by atoms with E-state index in [9.17, 15) is 0 Å². The van der Waals surface area contributed by atoms with Crippen LogP contribution in [0.2, 0.25) is 5.02 Å². The van der Waals surface area contributed by atoms with Gasteiger partial charge in [0.25, 0.3) is 0 Å². The van der Waals surface area contributed by atoms with Crippen molar-refractivity contribution in [3.8, 4) is 5.75 Å². The van der Waals surface area contributed by atoms with Gasteiger partial charge < -0.3 is 14.4 Å². The highest BCUT2D eigenvalue weighted by atomic mass is 35.5. The molecule has 0 amide bonds. The number of nitrogens with zero attached hydrogens (tertiary/aromatic N) is 2. The van der Waals surface area contributed by atoms with Gasteiger partial charge in [-0.05, 0) is 60.2 Å². The molecular weight excluding hydrogens is 384 g/mol. The maximum Gasteiger partial charge on any atom is 0.119 e. The van der Waals surface area contributed by atoms with Crippen molar-refractivity contribution in [2.75, 3.05) is 31.2 Å². The van der Waals surface area contributed by atoms with Crippen LogP contribution in [-0.2, 0) is 11.3 Å². The molecular formula is C24H23ClN2O2. The van der Waals surface area contributed by atoms with E-state index in [0.717, 1.165) is 53.9 Å². The summed E-state index contributed by atoms with van der Waals surface area (Å²) in [5.41, 5.74) is 4.14. The number of benzene rings is 3. The highest BCUT2D eigenvalue weighted by molar-refractivity contribution is 6.31. The fourth-order valence-electron chi connectivity index (χ4n) is 3.15. The van der Waals surface area contributed by atoms with E-state index in [1.165, 1.54) is 5.69 Å². The quantitative estimate of drug-likeness (QED) is 0.506. The Labute approximate surface area is 176 Å². The highest BCUT2D eigenvalue weighted by Crippen LogP contribution is 2.21. The standard InChI is InChI=1S/C24H23ClN2O2/c25-24-4-2-1-3-20(24)18-29-23-11-5-19(6-12-23)17-26-21-7-9-22(10-8-21)27-13-15-28-16-14-27/h1-12,17H,13-16,18H2. The van der Waals surface area contributed by atoms with Gasteiger partial charge in [0.05, 0.1) is 18.9 Å². The summed E-state index contributed by atoms with van der Waals surface area (Å²) >= 11 is 6.16. The molecule has 29 heavy (non-hydrogen) atoms. The molecule has 0 saturated carbocycles. The molecule has 1 aliphatic heterocycles. The predicted molar refractivity (Wildman–Crippen MR) is 119 cm³/mol. The zero-order valence-electron chi connectivity index (χ0n) is 16.1. The zero-order valence-corrected chi connectivity index (χ0v) is 16.9. The lowest BCUT2D eigenvalue weighted by atomic mass is 10.2. The molecule has 0 atom stereocenters. The summed E-state index contributed by atoms with van der Waals surface area (Å²) in [5, 5.41) is 0.718. The van der Waals surface area contributed by atoms with E-state index in [4.69, 9.17) is 21.1 Å². The second kappa shape index (κ2) is 9.59. The lowest BCUT2D eigenvalue weighted by Gasteiger charge is -2.28. The molecule has 0 unspecified atom stereocenters. The molecule has 5 heteroatoms. The third-order valence-corrected chi connectivity index (χ3v) is 5.19. The minimum absolute atomic E-state index is 0.447. The van der Waals surface area contributed by atoms with Gasteiger partial charge in [0, 0.05) is 35.6 Å². The van der Waals surface area contributed by atoms with E-state index < -0.39 is 0 Å². The van der Waals surface area contributed by atoms with Crippen molar-refractivity contribution in [3.05, 3.63) is 88.9 Å². The fourth-order valence-corrected chi connectivity index (χ4v) is 3.34. The molecule has 0 aromatic heterocycles. The second-order valence-corrected chi connectivity index (χ2v) is 7.23. The van der Waals surface area contributed by atoms with E-state index in [1.54, 1.807) is 0 Å². The number of aliphatic imine (C=N–C) groups is 1. The number of anilines is 1. The van der Waals surface area contributed by atoms with Crippen LogP contribution in [-0.4, -0.2) is 32.5 Å². The van der Waals surface area contributed by atoms with Gasteiger partial charge >= 0.3 is 0 Å². The third-order valence-electron chi connectivity index (χ3n) is 4.82. The Morgan fingerprint density at radius 1 is 0.931 bits per heavy atom. The number of halogens is 1. The second-order valence-electron chi connectivity index (χ2n) is 6.82. The molecule has 1 heterocycles. The number of hydrogen-bond donors (Lipinski definition) is 0. The topological polar surface area (TPSA) is 34.1 Å². The van der Waals surface area contributed by atoms with Gasteiger partial charge in [-0.3, -0.25) is 4.99 Å². The Bertz CT molecular complexity index is 949. The van der Waals surface area contributed by atoms with E-state index in [-0.39, 0.29) is 0 Å². The summed E-state index contributed by atoms with van der Waals surface area (Å²) in [6, 6.07) is 23.9. The summed E-state index contributed by atoms with van der Waals surface area (Å²) in [6.07, 6.45) is 1.86. The molecule has 0 radical (unpaired) electrons. The highest BCUT2D eigenvalue weighted by Gasteiger charge is 2.10. The van der Waals surface area contributed by atoms with Crippen molar-refractivity contribution in [2.24, 2.45) is 4.99 Å². The van der Waals surface area contributed by atoms with Crippen LogP contribution in [0, 0.1) is 0 Å². The van der Waals surface area contributed by atoms with Crippen molar-refractivity contribution >= 4 is 29.2 Å². The van der Waals surface area contributed by atoms with Crippen LogP contribution in [0.4, 0.5) is 11.4 Å². The van der Waals surface area contributed by atoms with Gasteiger partial charge in [0.2, 0.25) is 0 Å². The SMILES string of the molecule is Clc1ccccc1COc1ccc(C=Nc2ccc(N3CCOCC3)cc2)cc1. The first kappa shape index (κ1) is 19.5. The largest absolute Gasteiger partial charge is 0.489 e. The Balaban J connectivity index is 1.33. The molecule has 0 spiro atoms. The molecule has 1 aliphatic rings. The molecule has 0 aliphatic carbocycles. The summed E-state index contributed by atoms with van der Waals surface area (Å²) in [4.78, 5) is 6.90. The summed E-state index contributed by atoms with van der Waals surface area (Å²) in [6.45, 7) is 3.90. The van der Waals surface area contributed by atoms with Crippen molar-refractivity contribution in [1.82, 2.24) is 0 Å². The maximum atomic E-state index is 6.16. The van der Waals surface area contributed by atoms with Gasteiger partial charge in [-0.1, -0.05) is 29.8 Å². The van der Waals surface area contributed by atoms with Gasteiger partial charge in [-0.2, -0.15) is 0 Å². The summed E-state index contributed by atoms with van der Waals surface area (Å²) < 4.78 is 11.2. The number of ether oxygens (including phenoxy) is 2. The first-order valence-corrected chi connectivity index (χ1v) is 10.1. The molecule has 4 rings (SSSR count). The molecule has 0 bridgehead atoms. The van der Waals surface area contributed by atoms with E-state index in [2.05, 4.69) is 22.0 Å². The van der Waals surface area contributed by atoms with Gasteiger partial charge in [-0.15, -0.1) is 0 Å². The van der Waals surface area contributed by atoms with Crippen LogP contribution in [0.15, 0.2) is 77.8 Å². The van der Waals surface area contributed by atoms with Crippen LogP contribution in [0.25, 0.3) is 0 Å². The number of rotatable bonds is 6. The predicted octanol–water partition coefficient (Wildman–Crippen LogP) is 5.51. The van der Waals surface area contributed by atoms with Crippen LogP contribution in [0.3, 0.4) is 0 Å². The summed E-state index contributed by atoms with van der Waals surface area (Å²) in [7, 11) is 0. The van der Waals surface area contributed by atoms with Crippen molar-refractivity contribution in [3.63, 3.8) is 0 Å². The van der Waals surface area contributed by atoms with E-state index >= 15 is 0 Å². The monoisotopic (exact) mass is 406 g/mol. The first-order chi connectivity index (χ1) is 14.3. The Morgan fingerprint density at radius 3 is 2.38 bits per heavy atom. The van der Waals surface area contributed by atoms with Crippen molar-refractivity contribution < 1.29 is 9.47 Å². The molecule has 3 aromatic carbocycles. The summed E-state index contributed by atoms with van der Waals surface area (Å²) in [5.74, 6) is 0.803. The number of morpholine rings is 1. The molecule has 1 saturated heterocycles. The fraction of sp³-hybridized carbons (Fsp3) is 0.208. The van der Waals surface area contributed by atoms with Crippen molar-refractivity contribution in [1.29, 1.82) is 0 Å². The Morgan fingerprint density at radius 2 is 1.66 bits per heavy atom. The van der Waals surface area contributed by atoms with Crippen LogP contribution < -0.4 is 9.64 Å². The van der Waals surface area contributed by atoms with Gasteiger partial charge in [0.15, 0.2) is 0 Å². The Kier molecular flexibility index (Phi) is 6.45. The number of hydrogen-bond acceptors (Lipinski definition) is 4. The van der Waals surface area contributed by atoms with Gasteiger partial charge in [0.1, 0.15) is 12.4 Å². The smallest absolute Gasteiger partial charge is 0.119 e. The van der Waals surface area contributed by atoms with Crippen LogP contribution in [0.1, 0.15) is 11.1 Å². The molecule has 4 nitrogen and oxygen atoms in total. The normalized spacial score (nSPS) is 14.3. The molecule has 3 aromatic rings. The first-order valence-electron chi connectivity index (χ1n) is 9.71. The zero-order chi connectivity index (χ0) is 19.9. The van der Waals surface area contributed by atoms with Gasteiger partial charge in [-0.25, -0.2) is 0 Å². The van der Waals surface area contributed by atoms with Crippen LogP contribution >= 0.6 is 11.6 Å². The Hall–Kier alpha value is -2.82. The minimum atomic E-state index is 0.447. The minimum Gasteiger partial charge on any atom is -0.489 e. The molecule has 148 valence electrons. The lowest BCUT2D eigenvalue weighted by molar-refractivity contribution is 0.122. The average Bonchev–Trinajstić information content (AvgIpc) is 2.79. The molecule has 1 fully saturated rings. The average molecular weight is 407 g/mol. The maximum absolute atomic E-state index is 6.16.